The number of rotatable bonds is 6. The van der Waals surface area contributed by atoms with Crippen LogP contribution in [-0.4, -0.2) is 4.57 Å². The van der Waals surface area contributed by atoms with E-state index >= 15 is 0 Å². The quantitative estimate of drug-likeness (QED) is 0.169. The Kier molecular flexibility index (Phi) is 7.14. The molecule has 0 amide bonds. The van der Waals surface area contributed by atoms with E-state index in [1.807, 2.05) is 12.1 Å². The highest BCUT2D eigenvalue weighted by Crippen LogP contribution is 2.57. The van der Waals surface area contributed by atoms with Crippen molar-refractivity contribution in [2.75, 3.05) is 4.90 Å². The smallest absolute Gasteiger partial charge is 0.152 e. The van der Waals surface area contributed by atoms with Gasteiger partial charge in [-0.15, -0.1) is 0 Å². The molecule has 2 heterocycles. The molecule has 0 unspecified atom stereocenters. The van der Waals surface area contributed by atoms with Crippen molar-refractivity contribution in [1.29, 1.82) is 0 Å². The van der Waals surface area contributed by atoms with Crippen LogP contribution in [0, 0.1) is 0 Å². The van der Waals surface area contributed by atoms with Crippen LogP contribution in [0.3, 0.4) is 0 Å². The van der Waals surface area contributed by atoms with E-state index in [4.69, 9.17) is 4.74 Å². The topological polar surface area (TPSA) is 17.4 Å². The molecule has 9 aromatic carbocycles. The third-order valence-electron chi connectivity index (χ3n) is 12.3. The number of hydrogen-bond acceptors (Lipinski definition) is 2. The zero-order chi connectivity index (χ0) is 38.2. The van der Waals surface area contributed by atoms with Crippen molar-refractivity contribution in [1.82, 2.24) is 4.57 Å². The molecule has 0 saturated heterocycles. The van der Waals surface area contributed by atoms with Gasteiger partial charge in [0.2, 0.25) is 0 Å². The summed E-state index contributed by atoms with van der Waals surface area (Å²) in [5, 5.41) is 2.41. The SMILES string of the molecule is c1ccc(N(c2ccc(-c3ccc4c5c3c3ccccc3n5-c3ccccc3O4)cc2)c2ccc3c(c2)C(c2ccccc2)(c2ccccc2)c2ccccc2-3)cc1. The summed E-state index contributed by atoms with van der Waals surface area (Å²) in [6, 6.07) is 79.2. The Bertz CT molecular complexity index is 3150. The van der Waals surface area contributed by atoms with Crippen LogP contribution >= 0.6 is 0 Å². The number of nitrogens with zero attached hydrogens (tertiary/aromatic N) is 2. The second-order valence-electron chi connectivity index (χ2n) is 15.2. The van der Waals surface area contributed by atoms with Crippen LogP contribution in [0.25, 0.3) is 49.7 Å². The fraction of sp³-hybridized carbons (Fsp3) is 0.0182. The number of benzene rings is 9. The lowest BCUT2D eigenvalue weighted by Crippen LogP contribution is -2.28. The molecule has 12 rings (SSSR count). The number of fused-ring (bicyclic) bond motifs is 8. The van der Waals surface area contributed by atoms with Crippen molar-refractivity contribution in [3.05, 3.63) is 241 Å². The molecule has 0 radical (unpaired) electrons. The molecule has 0 saturated carbocycles. The molecule has 0 N–H and O–H groups in total. The Morgan fingerprint density at radius 1 is 0.414 bits per heavy atom. The third-order valence-corrected chi connectivity index (χ3v) is 12.3. The average molecular weight is 741 g/mol. The van der Waals surface area contributed by atoms with Gasteiger partial charge < -0.3 is 14.2 Å². The zero-order valence-electron chi connectivity index (χ0n) is 31.6. The highest BCUT2D eigenvalue weighted by Gasteiger charge is 2.46. The average Bonchev–Trinajstić information content (AvgIpc) is 3.80. The highest BCUT2D eigenvalue weighted by molar-refractivity contribution is 6.18. The van der Waals surface area contributed by atoms with E-state index in [1.165, 1.54) is 55.2 Å². The summed E-state index contributed by atoms with van der Waals surface area (Å²) in [6.07, 6.45) is 0. The van der Waals surface area contributed by atoms with Gasteiger partial charge >= 0.3 is 0 Å². The number of aromatic nitrogens is 1. The zero-order valence-corrected chi connectivity index (χ0v) is 31.6. The van der Waals surface area contributed by atoms with Crippen molar-refractivity contribution in [2.24, 2.45) is 0 Å². The molecule has 0 bridgehead atoms. The maximum absolute atomic E-state index is 6.51. The summed E-state index contributed by atoms with van der Waals surface area (Å²) in [7, 11) is 0. The minimum Gasteiger partial charge on any atom is -0.453 e. The molecular formula is C55H36N2O. The Balaban J connectivity index is 1.04. The van der Waals surface area contributed by atoms with Crippen molar-refractivity contribution < 1.29 is 4.74 Å². The maximum Gasteiger partial charge on any atom is 0.152 e. The summed E-state index contributed by atoms with van der Waals surface area (Å²) in [5.41, 5.74) is 16.1. The summed E-state index contributed by atoms with van der Waals surface area (Å²) in [6.45, 7) is 0. The fourth-order valence-electron chi connectivity index (χ4n) is 9.87. The maximum atomic E-state index is 6.51. The van der Waals surface area contributed by atoms with E-state index in [9.17, 15) is 0 Å². The molecule has 3 nitrogen and oxygen atoms in total. The van der Waals surface area contributed by atoms with Gasteiger partial charge in [0.05, 0.1) is 22.1 Å². The fourth-order valence-corrected chi connectivity index (χ4v) is 9.87. The van der Waals surface area contributed by atoms with Gasteiger partial charge in [-0.05, 0) is 111 Å². The highest BCUT2D eigenvalue weighted by atomic mass is 16.5. The van der Waals surface area contributed by atoms with Gasteiger partial charge in [-0.2, -0.15) is 0 Å². The molecule has 1 aliphatic carbocycles. The summed E-state index contributed by atoms with van der Waals surface area (Å²) < 4.78 is 8.88. The van der Waals surface area contributed by atoms with E-state index in [2.05, 4.69) is 216 Å². The normalized spacial score (nSPS) is 13.1. The minimum atomic E-state index is -0.486. The van der Waals surface area contributed by atoms with Gasteiger partial charge in [-0.25, -0.2) is 0 Å². The van der Waals surface area contributed by atoms with E-state index in [-0.39, 0.29) is 0 Å². The molecule has 10 aromatic rings. The molecular weight excluding hydrogens is 705 g/mol. The number of hydrogen-bond donors (Lipinski definition) is 0. The first kappa shape index (κ1) is 32.6. The summed E-state index contributed by atoms with van der Waals surface area (Å²) >= 11 is 0. The van der Waals surface area contributed by atoms with Crippen molar-refractivity contribution in [2.45, 2.75) is 5.41 Å². The number of ether oxygens (including phenoxy) is 1. The van der Waals surface area contributed by atoms with Crippen LogP contribution in [0.15, 0.2) is 218 Å². The second kappa shape index (κ2) is 12.7. The van der Waals surface area contributed by atoms with Gasteiger partial charge in [-0.1, -0.05) is 152 Å². The van der Waals surface area contributed by atoms with Crippen LogP contribution < -0.4 is 9.64 Å². The van der Waals surface area contributed by atoms with Gasteiger partial charge in [0.15, 0.2) is 11.5 Å². The predicted octanol–water partition coefficient (Wildman–Crippen LogP) is 14.4. The first-order valence-corrected chi connectivity index (χ1v) is 19.9. The number of para-hydroxylation sites is 4. The standard InChI is InChI=1S/C55H36N2O/c1-4-16-38(17-5-1)55(39-18-6-2-7-19-39)47-24-12-10-22-44(47)45-33-32-42(36-48(45)55)56(40-20-8-3-9-21-40)41-30-28-37(29-31-41)43-34-35-52-54-53(43)46-23-11-13-25-49(46)57(54)50-26-14-15-27-51(50)58-52/h1-36H. The Morgan fingerprint density at radius 3 is 1.78 bits per heavy atom. The Morgan fingerprint density at radius 2 is 1.00 bits per heavy atom. The van der Waals surface area contributed by atoms with E-state index in [0.29, 0.717) is 0 Å². The molecule has 0 spiro atoms. The van der Waals surface area contributed by atoms with E-state index in [0.717, 1.165) is 45.3 Å². The Labute approximate surface area is 337 Å². The molecule has 1 aromatic heterocycles. The van der Waals surface area contributed by atoms with E-state index < -0.39 is 5.41 Å². The van der Waals surface area contributed by atoms with Crippen molar-refractivity contribution in [3.8, 4) is 39.4 Å². The lowest BCUT2D eigenvalue weighted by molar-refractivity contribution is 0.476. The first-order chi connectivity index (χ1) is 28.8. The largest absolute Gasteiger partial charge is 0.453 e. The minimum absolute atomic E-state index is 0.486. The Hall–Kier alpha value is -7.62. The lowest BCUT2D eigenvalue weighted by atomic mass is 9.67. The van der Waals surface area contributed by atoms with Crippen LogP contribution in [0.4, 0.5) is 17.1 Å². The molecule has 3 heteroatoms. The first-order valence-electron chi connectivity index (χ1n) is 19.9. The van der Waals surface area contributed by atoms with Crippen molar-refractivity contribution in [3.63, 3.8) is 0 Å². The molecule has 1 aliphatic heterocycles. The number of anilines is 3. The molecule has 272 valence electrons. The molecule has 0 atom stereocenters. The van der Waals surface area contributed by atoms with Crippen LogP contribution in [0.2, 0.25) is 0 Å². The van der Waals surface area contributed by atoms with E-state index in [1.54, 1.807) is 0 Å². The monoisotopic (exact) mass is 740 g/mol. The van der Waals surface area contributed by atoms with Gasteiger partial charge in [-0.3, -0.25) is 0 Å². The summed E-state index contributed by atoms with van der Waals surface area (Å²) in [5.74, 6) is 1.75. The van der Waals surface area contributed by atoms with Crippen molar-refractivity contribution >= 4 is 38.9 Å². The van der Waals surface area contributed by atoms with Gasteiger partial charge in [0, 0.05) is 27.8 Å². The molecule has 58 heavy (non-hydrogen) atoms. The third kappa shape index (κ3) is 4.62. The van der Waals surface area contributed by atoms with Crippen LogP contribution in [0.5, 0.6) is 11.5 Å². The predicted molar refractivity (Wildman–Crippen MR) is 238 cm³/mol. The van der Waals surface area contributed by atoms with Crippen LogP contribution in [-0.2, 0) is 5.41 Å². The molecule has 0 fully saturated rings. The lowest BCUT2D eigenvalue weighted by Gasteiger charge is -2.35. The van der Waals surface area contributed by atoms with Gasteiger partial charge in [0.1, 0.15) is 0 Å². The van der Waals surface area contributed by atoms with Crippen LogP contribution in [0.1, 0.15) is 22.3 Å². The summed E-state index contributed by atoms with van der Waals surface area (Å²) in [4.78, 5) is 2.39. The van der Waals surface area contributed by atoms with Gasteiger partial charge in [0.25, 0.3) is 0 Å². The second-order valence-corrected chi connectivity index (χ2v) is 15.2. The molecule has 2 aliphatic rings.